The molecule has 2 aromatic carbocycles. The molecule has 148 valence electrons. The van der Waals surface area contributed by atoms with Gasteiger partial charge in [0.2, 0.25) is 0 Å². The number of benzene rings is 2. The second-order valence-corrected chi connectivity index (χ2v) is 7.16. The highest BCUT2D eigenvalue weighted by molar-refractivity contribution is 5.95. The number of tetrazole rings is 1. The lowest BCUT2D eigenvalue weighted by molar-refractivity contribution is 0.0650. The van der Waals surface area contributed by atoms with E-state index < -0.39 is 0 Å². The van der Waals surface area contributed by atoms with Crippen LogP contribution in [-0.2, 0) is 0 Å². The van der Waals surface area contributed by atoms with Crippen LogP contribution >= 0.6 is 0 Å². The number of nitrogens with zero attached hydrogens (tertiary/aromatic N) is 6. The molecular formula is C22H24N6O. The number of amides is 1. The van der Waals surface area contributed by atoms with Crippen molar-refractivity contribution in [3.8, 4) is 5.69 Å². The first-order valence-corrected chi connectivity index (χ1v) is 9.78. The van der Waals surface area contributed by atoms with Gasteiger partial charge in [-0.25, -0.2) is 4.68 Å². The fourth-order valence-electron chi connectivity index (χ4n) is 3.48. The highest BCUT2D eigenvalue weighted by Gasteiger charge is 2.22. The summed E-state index contributed by atoms with van der Waals surface area (Å²) in [5.74, 6) is 0.0544. The van der Waals surface area contributed by atoms with E-state index in [0.29, 0.717) is 5.56 Å². The van der Waals surface area contributed by atoms with Crippen molar-refractivity contribution in [3.63, 3.8) is 0 Å². The molecule has 0 atom stereocenters. The van der Waals surface area contributed by atoms with Crippen molar-refractivity contribution in [2.24, 2.45) is 0 Å². The molecule has 2 heterocycles. The Labute approximate surface area is 170 Å². The summed E-state index contributed by atoms with van der Waals surface area (Å²) in [4.78, 5) is 17.3. The first kappa shape index (κ1) is 19.0. The molecule has 7 nitrogen and oxygen atoms in total. The van der Waals surface area contributed by atoms with Gasteiger partial charge < -0.3 is 4.90 Å². The Hall–Kier alpha value is -3.32. The van der Waals surface area contributed by atoms with Crippen molar-refractivity contribution in [1.82, 2.24) is 30.0 Å². The minimum atomic E-state index is 0.0544. The molecule has 7 heteroatoms. The second kappa shape index (κ2) is 8.79. The van der Waals surface area contributed by atoms with Crippen LogP contribution in [-0.4, -0.2) is 68.6 Å². The Bertz CT molecular complexity index is 976. The Morgan fingerprint density at radius 1 is 1.07 bits per heavy atom. The highest BCUT2D eigenvalue weighted by atomic mass is 16.2. The van der Waals surface area contributed by atoms with Gasteiger partial charge in [-0.3, -0.25) is 9.69 Å². The summed E-state index contributed by atoms with van der Waals surface area (Å²) < 4.78 is 1.59. The van der Waals surface area contributed by atoms with Crippen LogP contribution in [0.25, 0.3) is 11.8 Å². The summed E-state index contributed by atoms with van der Waals surface area (Å²) in [5, 5.41) is 11.3. The molecule has 1 fully saturated rings. The maximum absolute atomic E-state index is 13.0. The molecule has 1 aromatic heterocycles. The average Bonchev–Trinajstić information content (AvgIpc) is 3.30. The van der Waals surface area contributed by atoms with Gasteiger partial charge in [0.05, 0.1) is 5.69 Å². The summed E-state index contributed by atoms with van der Waals surface area (Å²) in [6.45, 7) is 6.07. The molecule has 4 rings (SSSR count). The smallest absolute Gasteiger partial charge is 0.254 e. The van der Waals surface area contributed by atoms with Crippen molar-refractivity contribution in [1.29, 1.82) is 0 Å². The summed E-state index contributed by atoms with van der Waals surface area (Å²) in [7, 11) is 0. The molecule has 0 N–H and O–H groups in total. The number of piperazine rings is 1. The molecular weight excluding hydrogens is 364 g/mol. The Kier molecular flexibility index (Phi) is 5.76. The number of hydrogen-bond acceptors (Lipinski definition) is 5. The molecule has 1 saturated heterocycles. The predicted octanol–water partition coefficient (Wildman–Crippen LogP) is 2.44. The normalized spacial score (nSPS) is 15.1. The highest BCUT2D eigenvalue weighted by Crippen LogP contribution is 2.17. The van der Waals surface area contributed by atoms with Gasteiger partial charge in [0.25, 0.3) is 5.91 Å². The number of aromatic nitrogens is 4. The van der Waals surface area contributed by atoms with Crippen molar-refractivity contribution in [2.75, 3.05) is 32.7 Å². The van der Waals surface area contributed by atoms with Gasteiger partial charge in [-0.2, -0.15) is 0 Å². The SMILES string of the molecule is Cc1ccc(C(=O)N2CCN(CC=Cc3ccccc3)CC2)cc1-n1cnnn1. The van der Waals surface area contributed by atoms with Crippen LogP contribution in [0.5, 0.6) is 0 Å². The zero-order valence-corrected chi connectivity index (χ0v) is 16.5. The van der Waals surface area contributed by atoms with Crippen molar-refractivity contribution < 1.29 is 4.79 Å². The predicted molar refractivity (Wildman–Crippen MR) is 112 cm³/mol. The number of hydrogen-bond donors (Lipinski definition) is 0. The fraction of sp³-hybridized carbons (Fsp3) is 0.273. The first-order valence-electron chi connectivity index (χ1n) is 9.78. The van der Waals surface area contributed by atoms with Crippen LogP contribution in [0, 0.1) is 6.92 Å². The largest absolute Gasteiger partial charge is 0.336 e. The van der Waals surface area contributed by atoms with Gasteiger partial charge in [-0.05, 0) is 40.6 Å². The summed E-state index contributed by atoms with van der Waals surface area (Å²) in [6, 6.07) is 16.0. The van der Waals surface area contributed by atoms with Gasteiger partial charge >= 0.3 is 0 Å². The van der Waals surface area contributed by atoms with E-state index >= 15 is 0 Å². The number of rotatable bonds is 5. The lowest BCUT2D eigenvalue weighted by Gasteiger charge is -2.34. The molecule has 0 bridgehead atoms. The lowest BCUT2D eigenvalue weighted by Crippen LogP contribution is -2.48. The van der Waals surface area contributed by atoms with E-state index in [1.165, 1.54) is 5.56 Å². The maximum atomic E-state index is 13.0. The van der Waals surface area contributed by atoms with E-state index in [-0.39, 0.29) is 5.91 Å². The van der Waals surface area contributed by atoms with Gasteiger partial charge in [-0.15, -0.1) is 5.10 Å². The topological polar surface area (TPSA) is 67.2 Å². The second-order valence-electron chi connectivity index (χ2n) is 7.16. The third kappa shape index (κ3) is 4.57. The summed E-state index contributed by atoms with van der Waals surface area (Å²) >= 11 is 0. The molecule has 0 spiro atoms. The van der Waals surface area contributed by atoms with Gasteiger partial charge in [0.1, 0.15) is 6.33 Å². The zero-order chi connectivity index (χ0) is 20.1. The van der Waals surface area contributed by atoms with Crippen molar-refractivity contribution in [3.05, 3.63) is 77.6 Å². The van der Waals surface area contributed by atoms with Gasteiger partial charge in [-0.1, -0.05) is 48.6 Å². The molecule has 3 aromatic rings. The molecule has 0 unspecified atom stereocenters. The van der Waals surface area contributed by atoms with E-state index in [4.69, 9.17) is 0 Å². The Morgan fingerprint density at radius 3 is 2.59 bits per heavy atom. The fourth-order valence-corrected chi connectivity index (χ4v) is 3.48. The molecule has 0 aliphatic carbocycles. The van der Waals surface area contributed by atoms with Crippen LogP contribution in [0.15, 0.2) is 60.9 Å². The van der Waals surface area contributed by atoms with E-state index in [0.717, 1.165) is 44.0 Å². The van der Waals surface area contributed by atoms with Crippen LogP contribution in [0.3, 0.4) is 0 Å². The molecule has 1 amide bonds. The monoisotopic (exact) mass is 388 g/mol. The lowest BCUT2D eigenvalue weighted by atomic mass is 10.1. The van der Waals surface area contributed by atoms with Crippen LogP contribution in [0.2, 0.25) is 0 Å². The minimum absolute atomic E-state index is 0.0544. The number of aryl methyl sites for hydroxylation is 1. The molecule has 0 radical (unpaired) electrons. The van der Waals surface area contributed by atoms with Crippen LogP contribution in [0.4, 0.5) is 0 Å². The van der Waals surface area contributed by atoms with E-state index in [1.54, 1.807) is 11.0 Å². The average molecular weight is 388 g/mol. The summed E-state index contributed by atoms with van der Waals surface area (Å²) in [6.07, 6.45) is 5.87. The maximum Gasteiger partial charge on any atom is 0.254 e. The Morgan fingerprint density at radius 2 is 1.86 bits per heavy atom. The Balaban J connectivity index is 1.35. The third-order valence-corrected chi connectivity index (χ3v) is 5.18. The molecule has 1 aliphatic rings. The van der Waals surface area contributed by atoms with Crippen molar-refractivity contribution in [2.45, 2.75) is 6.92 Å². The summed E-state index contributed by atoms with van der Waals surface area (Å²) in [5.41, 5.74) is 3.71. The molecule has 29 heavy (non-hydrogen) atoms. The third-order valence-electron chi connectivity index (χ3n) is 5.18. The van der Waals surface area contributed by atoms with E-state index in [1.807, 2.05) is 48.2 Å². The van der Waals surface area contributed by atoms with Crippen molar-refractivity contribution >= 4 is 12.0 Å². The van der Waals surface area contributed by atoms with E-state index in [2.05, 4.69) is 44.7 Å². The van der Waals surface area contributed by atoms with Gasteiger partial charge in [0.15, 0.2) is 0 Å². The first-order chi connectivity index (χ1) is 14.2. The number of carbonyl (C=O) groups excluding carboxylic acids is 1. The molecule has 0 saturated carbocycles. The van der Waals surface area contributed by atoms with E-state index in [9.17, 15) is 4.79 Å². The number of carbonyl (C=O) groups is 1. The minimum Gasteiger partial charge on any atom is -0.336 e. The zero-order valence-electron chi connectivity index (χ0n) is 16.5. The van der Waals surface area contributed by atoms with Gasteiger partial charge in [0, 0.05) is 38.3 Å². The quantitative estimate of drug-likeness (QED) is 0.672. The molecule has 1 aliphatic heterocycles. The van der Waals surface area contributed by atoms with Crippen LogP contribution in [0.1, 0.15) is 21.5 Å². The van der Waals surface area contributed by atoms with Crippen LogP contribution < -0.4 is 0 Å². The standard InChI is InChI=1S/C22H24N6O/c1-18-9-10-20(16-21(18)28-17-23-24-25-28)22(29)27-14-12-26(13-15-27)11-5-8-19-6-3-2-4-7-19/h2-10,16-17H,11-15H2,1H3.